The number of hydrogen-bond acceptors (Lipinski definition) is 5. The molecule has 142 valence electrons. The lowest BCUT2D eigenvalue weighted by Gasteiger charge is -2.30. The summed E-state index contributed by atoms with van der Waals surface area (Å²) in [5.74, 6) is 0.339. The Morgan fingerprint density at radius 2 is 2.23 bits per heavy atom. The molecule has 3 rings (SSSR count). The maximum absolute atomic E-state index is 12.9. The predicted octanol–water partition coefficient (Wildman–Crippen LogP) is 1.84. The molecule has 0 aliphatic carbocycles. The highest BCUT2D eigenvalue weighted by Gasteiger charge is 2.35. The van der Waals surface area contributed by atoms with Gasteiger partial charge in [-0.2, -0.15) is 9.40 Å². The first-order valence-corrected chi connectivity index (χ1v) is 10.2. The fourth-order valence-electron chi connectivity index (χ4n) is 2.95. The molecule has 0 bridgehead atoms. The minimum Gasteiger partial charge on any atom is -0.442 e. The number of nitrogens with one attached hydrogen (secondary N) is 2. The lowest BCUT2D eigenvalue weighted by molar-refractivity contribution is -0.126. The normalized spacial score (nSPS) is 19.0. The molecule has 26 heavy (non-hydrogen) atoms. The summed E-state index contributed by atoms with van der Waals surface area (Å²) in [6, 6.07) is 4.73. The summed E-state index contributed by atoms with van der Waals surface area (Å²) in [6.07, 6.45) is 2.90. The van der Waals surface area contributed by atoms with Crippen LogP contribution < -0.4 is 5.32 Å². The molecule has 0 radical (unpaired) electrons. The number of aromatic amines is 1. The van der Waals surface area contributed by atoms with Gasteiger partial charge in [0.2, 0.25) is 11.0 Å². The molecule has 9 heteroatoms. The molecule has 3 heterocycles. The first kappa shape index (κ1) is 18.7. The van der Waals surface area contributed by atoms with Crippen molar-refractivity contribution in [2.24, 2.45) is 11.8 Å². The largest absolute Gasteiger partial charge is 0.442 e. The van der Waals surface area contributed by atoms with Crippen LogP contribution in [0.5, 0.6) is 0 Å². The lowest BCUT2D eigenvalue weighted by Crippen LogP contribution is -2.45. The van der Waals surface area contributed by atoms with Crippen molar-refractivity contribution >= 4 is 15.9 Å². The monoisotopic (exact) mass is 380 g/mol. The van der Waals surface area contributed by atoms with E-state index in [0.29, 0.717) is 43.3 Å². The van der Waals surface area contributed by atoms with Crippen LogP contribution in [0.4, 0.5) is 0 Å². The number of rotatable bonds is 6. The first-order valence-electron chi connectivity index (χ1n) is 8.75. The van der Waals surface area contributed by atoms with Crippen molar-refractivity contribution in [3.05, 3.63) is 24.4 Å². The highest BCUT2D eigenvalue weighted by Crippen LogP contribution is 2.28. The Kier molecular flexibility index (Phi) is 5.47. The van der Waals surface area contributed by atoms with Crippen LogP contribution in [0.25, 0.3) is 11.5 Å². The van der Waals surface area contributed by atoms with Gasteiger partial charge < -0.3 is 9.73 Å². The van der Waals surface area contributed by atoms with Gasteiger partial charge >= 0.3 is 0 Å². The van der Waals surface area contributed by atoms with Crippen LogP contribution in [0.3, 0.4) is 0 Å². The van der Waals surface area contributed by atoms with Crippen LogP contribution in [0, 0.1) is 11.8 Å². The van der Waals surface area contributed by atoms with Gasteiger partial charge in [-0.05, 0) is 37.0 Å². The Balaban J connectivity index is 1.72. The molecule has 0 saturated carbocycles. The molecule has 8 nitrogen and oxygen atoms in total. The van der Waals surface area contributed by atoms with E-state index in [2.05, 4.69) is 15.5 Å². The van der Waals surface area contributed by atoms with Gasteiger partial charge in [0.25, 0.3) is 10.0 Å². The second-order valence-corrected chi connectivity index (χ2v) is 8.80. The molecule has 1 atom stereocenters. The third-order valence-corrected chi connectivity index (χ3v) is 6.12. The Hall–Kier alpha value is -2.13. The molecule has 1 aliphatic rings. The third-order valence-electron chi connectivity index (χ3n) is 4.38. The minimum atomic E-state index is -3.78. The van der Waals surface area contributed by atoms with Crippen molar-refractivity contribution in [1.82, 2.24) is 19.8 Å². The van der Waals surface area contributed by atoms with E-state index in [0.717, 1.165) is 0 Å². The number of amides is 1. The summed E-state index contributed by atoms with van der Waals surface area (Å²) < 4.78 is 32.6. The van der Waals surface area contributed by atoms with E-state index >= 15 is 0 Å². The van der Waals surface area contributed by atoms with Gasteiger partial charge in [-0.3, -0.25) is 9.89 Å². The topological polar surface area (TPSA) is 108 Å². The molecular weight excluding hydrogens is 356 g/mol. The number of aromatic nitrogens is 2. The highest BCUT2D eigenvalue weighted by molar-refractivity contribution is 7.89. The standard InChI is InChI=1S/C17H24N4O4S/c1-12(2)10-18-17(22)13-4-3-9-21(11-13)26(23,24)16-6-5-15(25-16)14-7-8-19-20-14/h5-8,12-13H,3-4,9-11H2,1-2H3,(H,18,22)(H,19,20)/t13-/m1/s1. The number of carbonyl (C=O) groups excluding carboxylic acids is 1. The van der Waals surface area contributed by atoms with Crippen molar-refractivity contribution in [2.45, 2.75) is 31.8 Å². The zero-order valence-electron chi connectivity index (χ0n) is 14.9. The van der Waals surface area contributed by atoms with E-state index in [9.17, 15) is 13.2 Å². The van der Waals surface area contributed by atoms with Crippen molar-refractivity contribution in [3.8, 4) is 11.5 Å². The average Bonchev–Trinajstić information content (AvgIpc) is 3.30. The summed E-state index contributed by atoms with van der Waals surface area (Å²) in [7, 11) is -3.78. The van der Waals surface area contributed by atoms with E-state index in [-0.39, 0.29) is 23.5 Å². The summed E-state index contributed by atoms with van der Waals surface area (Å²) in [4.78, 5) is 12.3. The highest BCUT2D eigenvalue weighted by atomic mass is 32.2. The quantitative estimate of drug-likeness (QED) is 0.795. The van der Waals surface area contributed by atoms with E-state index in [1.165, 1.54) is 10.4 Å². The molecule has 2 N–H and O–H groups in total. The first-order chi connectivity index (χ1) is 12.4. The maximum atomic E-state index is 12.9. The van der Waals surface area contributed by atoms with Gasteiger partial charge in [0, 0.05) is 25.8 Å². The number of H-pyrrole nitrogens is 1. The van der Waals surface area contributed by atoms with Gasteiger partial charge in [-0.15, -0.1) is 0 Å². The molecule has 1 saturated heterocycles. The number of nitrogens with zero attached hydrogens (tertiary/aromatic N) is 2. The summed E-state index contributed by atoms with van der Waals surface area (Å²) in [5, 5.41) is 9.34. The van der Waals surface area contributed by atoms with Crippen molar-refractivity contribution in [3.63, 3.8) is 0 Å². The lowest BCUT2D eigenvalue weighted by atomic mass is 9.98. The van der Waals surface area contributed by atoms with E-state index in [4.69, 9.17) is 4.42 Å². The van der Waals surface area contributed by atoms with Gasteiger partial charge in [-0.1, -0.05) is 13.8 Å². The zero-order chi connectivity index (χ0) is 18.7. The van der Waals surface area contributed by atoms with Crippen LogP contribution in [-0.4, -0.2) is 48.5 Å². The SMILES string of the molecule is CC(C)CNC(=O)[C@@H]1CCCN(S(=O)(=O)c2ccc(-c3ccn[nH]3)o2)C1. The molecule has 1 amide bonds. The Labute approximate surface area is 153 Å². The molecule has 2 aromatic heterocycles. The number of piperidine rings is 1. The van der Waals surface area contributed by atoms with E-state index in [1.54, 1.807) is 18.3 Å². The van der Waals surface area contributed by atoms with Gasteiger partial charge in [0.05, 0.1) is 5.92 Å². The second-order valence-electron chi connectivity index (χ2n) is 6.93. The molecule has 0 unspecified atom stereocenters. The molecular formula is C17H24N4O4S. The Morgan fingerprint density at radius 1 is 1.42 bits per heavy atom. The Bertz CT molecular complexity index is 842. The zero-order valence-corrected chi connectivity index (χ0v) is 15.8. The number of hydrogen-bond donors (Lipinski definition) is 2. The summed E-state index contributed by atoms with van der Waals surface area (Å²) in [6.45, 7) is 5.19. The maximum Gasteiger partial charge on any atom is 0.276 e. The summed E-state index contributed by atoms with van der Waals surface area (Å²) >= 11 is 0. The summed E-state index contributed by atoms with van der Waals surface area (Å²) in [5.41, 5.74) is 0.607. The van der Waals surface area contributed by atoms with Crippen LogP contribution in [-0.2, 0) is 14.8 Å². The van der Waals surface area contributed by atoms with Gasteiger partial charge in [-0.25, -0.2) is 8.42 Å². The van der Waals surface area contributed by atoms with E-state index in [1.807, 2.05) is 13.8 Å². The fourth-order valence-corrected chi connectivity index (χ4v) is 4.38. The van der Waals surface area contributed by atoms with Crippen LogP contribution in [0.15, 0.2) is 33.9 Å². The molecule has 0 spiro atoms. The van der Waals surface area contributed by atoms with E-state index < -0.39 is 10.0 Å². The minimum absolute atomic E-state index is 0.0869. The third kappa shape index (κ3) is 3.99. The predicted molar refractivity (Wildman–Crippen MR) is 95.6 cm³/mol. The number of sulfonamides is 1. The van der Waals surface area contributed by atoms with Crippen molar-refractivity contribution in [2.75, 3.05) is 19.6 Å². The van der Waals surface area contributed by atoms with Crippen molar-refractivity contribution in [1.29, 1.82) is 0 Å². The molecule has 2 aromatic rings. The smallest absolute Gasteiger partial charge is 0.276 e. The second kappa shape index (κ2) is 7.63. The average molecular weight is 380 g/mol. The van der Waals surface area contributed by atoms with Crippen LogP contribution >= 0.6 is 0 Å². The Morgan fingerprint density at radius 3 is 2.92 bits per heavy atom. The fraction of sp³-hybridized carbons (Fsp3) is 0.529. The van der Waals surface area contributed by atoms with Crippen LogP contribution in [0.1, 0.15) is 26.7 Å². The molecule has 1 aliphatic heterocycles. The number of carbonyl (C=O) groups is 1. The van der Waals surface area contributed by atoms with Crippen LogP contribution in [0.2, 0.25) is 0 Å². The van der Waals surface area contributed by atoms with Crippen molar-refractivity contribution < 1.29 is 17.6 Å². The van der Waals surface area contributed by atoms with Gasteiger partial charge in [0.15, 0.2) is 5.76 Å². The molecule has 1 fully saturated rings. The number of furan rings is 1. The molecule has 0 aromatic carbocycles. The van der Waals surface area contributed by atoms with Gasteiger partial charge in [0.1, 0.15) is 5.69 Å².